The Morgan fingerprint density at radius 1 is 1.18 bits per heavy atom. The quantitative estimate of drug-likeness (QED) is 0.625. The Bertz CT molecular complexity index is 629. The van der Waals surface area contributed by atoms with Gasteiger partial charge in [0.2, 0.25) is 11.6 Å². The van der Waals surface area contributed by atoms with Crippen LogP contribution in [0.4, 0.5) is 17.3 Å². The van der Waals surface area contributed by atoms with Gasteiger partial charge in [-0.1, -0.05) is 30.3 Å². The number of aromatic nitrogens is 2. The zero-order chi connectivity index (χ0) is 15.9. The van der Waals surface area contributed by atoms with Gasteiger partial charge in [-0.05, 0) is 19.4 Å². The van der Waals surface area contributed by atoms with Crippen molar-refractivity contribution in [2.45, 2.75) is 20.4 Å². The topological polar surface area (TPSA) is 84.2 Å². The van der Waals surface area contributed by atoms with Gasteiger partial charge in [0, 0.05) is 19.6 Å². The molecule has 0 fully saturated rings. The molecule has 7 heteroatoms. The second-order valence-corrected chi connectivity index (χ2v) is 4.66. The van der Waals surface area contributed by atoms with E-state index in [0.717, 1.165) is 5.56 Å². The molecule has 2 rings (SSSR count). The summed E-state index contributed by atoms with van der Waals surface area (Å²) in [5, 5.41) is 14.5. The van der Waals surface area contributed by atoms with Gasteiger partial charge in [-0.25, -0.2) is 9.97 Å². The third-order valence-electron chi connectivity index (χ3n) is 3.35. The van der Waals surface area contributed by atoms with Crippen molar-refractivity contribution < 1.29 is 4.92 Å². The molecule has 1 aromatic heterocycles. The molecule has 0 amide bonds. The van der Waals surface area contributed by atoms with Crippen LogP contribution in [-0.2, 0) is 6.54 Å². The van der Waals surface area contributed by atoms with E-state index in [0.29, 0.717) is 25.5 Å². The van der Waals surface area contributed by atoms with E-state index in [1.165, 1.54) is 6.33 Å². The summed E-state index contributed by atoms with van der Waals surface area (Å²) in [6.45, 7) is 5.63. The highest BCUT2D eigenvalue weighted by Gasteiger charge is 2.25. The van der Waals surface area contributed by atoms with Gasteiger partial charge in [0.25, 0.3) is 0 Å². The minimum absolute atomic E-state index is 0.0814. The van der Waals surface area contributed by atoms with Crippen molar-refractivity contribution in [2.24, 2.45) is 0 Å². The molecule has 0 spiro atoms. The maximum absolute atomic E-state index is 11.4. The monoisotopic (exact) mass is 301 g/mol. The second kappa shape index (κ2) is 7.35. The standard InChI is InChI=1S/C15H19N5O2/c1-3-19(4-2)15-13(20(21)22)14(17-11-18-15)16-10-12-8-6-5-7-9-12/h5-9,11H,3-4,10H2,1-2H3,(H,16,17,18). The van der Waals surface area contributed by atoms with E-state index in [1.54, 1.807) is 0 Å². The van der Waals surface area contributed by atoms with E-state index in [2.05, 4.69) is 15.3 Å². The number of anilines is 2. The lowest BCUT2D eigenvalue weighted by atomic mass is 10.2. The highest BCUT2D eigenvalue weighted by atomic mass is 16.6. The first-order chi connectivity index (χ1) is 10.7. The molecule has 116 valence electrons. The lowest BCUT2D eigenvalue weighted by Gasteiger charge is -2.20. The van der Waals surface area contributed by atoms with Gasteiger partial charge in [-0.15, -0.1) is 0 Å². The van der Waals surface area contributed by atoms with Crippen molar-refractivity contribution in [1.82, 2.24) is 9.97 Å². The molecule has 0 unspecified atom stereocenters. The molecule has 0 saturated heterocycles. The van der Waals surface area contributed by atoms with Crippen molar-refractivity contribution >= 4 is 17.3 Å². The summed E-state index contributed by atoms with van der Waals surface area (Å²) < 4.78 is 0. The number of rotatable bonds is 7. The normalized spacial score (nSPS) is 10.3. The third-order valence-corrected chi connectivity index (χ3v) is 3.35. The van der Waals surface area contributed by atoms with Crippen molar-refractivity contribution in [3.63, 3.8) is 0 Å². The van der Waals surface area contributed by atoms with Gasteiger partial charge in [0.15, 0.2) is 0 Å². The van der Waals surface area contributed by atoms with Crippen molar-refractivity contribution in [3.8, 4) is 0 Å². The minimum Gasteiger partial charge on any atom is -0.360 e. The second-order valence-electron chi connectivity index (χ2n) is 4.66. The molecule has 0 aliphatic carbocycles. The van der Waals surface area contributed by atoms with E-state index in [1.807, 2.05) is 49.1 Å². The first-order valence-electron chi connectivity index (χ1n) is 7.19. The summed E-state index contributed by atoms with van der Waals surface area (Å²) >= 11 is 0. The van der Waals surface area contributed by atoms with Gasteiger partial charge in [-0.2, -0.15) is 0 Å². The first kappa shape index (κ1) is 15.7. The number of nitro groups is 1. The fraction of sp³-hybridized carbons (Fsp3) is 0.333. The Balaban J connectivity index is 2.30. The summed E-state index contributed by atoms with van der Waals surface area (Å²) in [6.07, 6.45) is 1.36. The zero-order valence-electron chi connectivity index (χ0n) is 12.7. The van der Waals surface area contributed by atoms with E-state index in [9.17, 15) is 10.1 Å². The van der Waals surface area contributed by atoms with Crippen LogP contribution in [0.5, 0.6) is 0 Å². The summed E-state index contributed by atoms with van der Waals surface area (Å²) in [6, 6.07) is 9.67. The number of nitrogens with one attached hydrogen (secondary N) is 1. The van der Waals surface area contributed by atoms with Crippen molar-refractivity contribution in [1.29, 1.82) is 0 Å². The molecule has 1 aromatic carbocycles. The lowest BCUT2D eigenvalue weighted by Crippen LogP contribution is -2.24. The van der Waals surface area contributed by atoms with Crippen LogP contribution in [0, 0.1) is 10.1 Å². The molecule has 0 saturated carbocycles. The van der Waals surface area contributed by atoms with Gasteiger partial charge < -0.3 is 10.2 Å². The molecule has 0 bridgehead atoms. The van der Waals surface area contributed by atoms with Crippen LogP contribution in [0.3, 0.4) is 0 Å². The summed E-state index contributed by atoms with van der Waals surface area (Å²) in [5.41, 5.74) is 0.946. The predicted molar refractivity (Wildman–Crippen MR) is 86.0 cm³/mol. The van der Waals surface area contributed by atoms with E-state index >= 15 is 0 Å². The Hall–Kier alpha value is -2.70. The van der Waals surface area contributed by atoms with Crippen LogP contribution < -0.4 is 10.2 Å². The molecule has 0 aliphatic heterocycles. The third kappa shape index (κ3) is 3.49. The van der Waals surface area contributed by atoms with Crippen LogP contribution in [0.2, 0.25) is 0 Å². The molecular formula is C15H19N5O2. The SMILES string of the molecule is CCN(CC)c1ncnc(NCc2ccccc2)c1[N+](=O)[O-]. The van der Waals surface area contributed by atoms with Crippen LogP contribution >= 0.6 is 0 Å². The molecule has 0 aliphatic rings. The predicted octanol–water partition coefficient (Wildman–Crippen LogP) is 2.84. The maximum Gasteiger partial charge on any atom is 0.353 e. The highest BCUT2D eigenvalue weighted by Crippen LogP contribution is 2.31. The van der Waals surface area contributed by atoms with Gasteiger partial charge in [-0.3, -0.25) is 10.1 Å². The fourth-order valence-corrected chi connectivity index (χ4v) is 2.20. The molecular weight excluding hydrogens is 282 g/mol. The number of hydrogen-bond acceptors (Lipinski definition) is 6. The van der Waals surface area contributed by atoms with Gasteiger partial charge in [0.05, 0.1) is 4.92 Å². The minimum atomic E-state index is -0.430. The van der Waals surface area contributed by atoms with E-state index < -0.39 is 4.92 Å². The van der Waals surface area contributed by atoms with Crippen LogP contribution in [0.1, 0.15) is 19.4 Å². The Morgan fingerprint density at radius 3 is 2.45 bits per heavy atom. The lowest BCUT2D eigenvalue weighted by molar-refractivity contribution is -0.383. The number of benzene rings is 1. The molecule has 2 aromatic rings. The highest BCUT2D eigenvalue weighted by molar-refractivity contribution is 5.70. The van der Waals surface area contributed by atoms with Crippen molar-refractivity contribution in [2.75, 3.05) is 23.3 Å². The smallest absolute Gasteiger partial charge is 0.353 e. The first-order valence-corrected chi connectivity index (χ1v) is 7.19. The van der Waals surface area contributed by atoms with E-state index in [-0.39, 0.29) is 11.5 Å². The van der Waals surface area contributed by atoms with Crippen molar-refractivity contribution in [3.05, 3.63) is 52.3 Å². The Kier molecular flexibility index (Phi) is 5.24. The summed E-state index contributed by atoms with van der Waals surface area (Å²) in [5.74, 6) is 0.589. The molecule has 0 radical (unpaired) electrons. The number of hydrogen-bond donors (Lipinski definition) is 1. The summed E-state index contributed by atoms with van der Waals surface area (Å²) in [7, 11) is 0. The molecule has 1 heterocycles. The molecule has 0 atom stereocenters. The van der Waals surface area contributed by atoms with Gasteiger partial charge in [0.1, 0.15) is 6.33 Å². The van der Waals surface area contributed by atoms with Crippen LogP contribution in [0.25, 0.3) is 0 Å². The molecule has 1 N–H and O–H groups in total. The maximum atomic E-state index is 11.4. The van der Waals surface area contributed by atoms with Crippen LogP contribution in [-0.4, -0.2) is 28.0 Å². The summed E-state index contributed by atoms with van der Waals surface area (Å²) in [4.78, 5) is 21.0. The average molecular weight is 301 g/mol. The average Bonchev–Trinajstić information content (AvgIpc) is 2.55. The molecule has 7 nitrogen and oxygen atoms in total. The van der Waals surface area contributed by atoms with E-state index in [4.69, 9.17) is 0 Å². The Morgan fingerprint density at radius 2 is 1.86 bits per heavy atom. The fourth-order valence-electron chi connectivity index (χ4n) is 2.20. The largest absolute Gasteiger partial charge is 0.360 e. The van der Waals surface area contributed by atoms with Gasteiger partial charge >= 0.3 is 5.69 Å². The molecule has 22 heavy (non-hydrogen) atoms. The van der Waals surface area contributed by atoms with Crippen LogP contribution in [0.15, 0.2) is 36.7 Å². The number of nitrogens with zero attached hydrogens (tertiary/aromatic N) is 4. The zero-order valence-corrected chi connectivity index (χ0v) is 12.7. The Labute approximate surface area is 129 Å².